The van der Waals surface area contributed by atoms with Gasteiger partial charge in [0.05, 0.1) is 11.2 Å². The van der Waals surface area contributed by atoms with Crippen molar-refractivity contribution >= 4 is 10.9 Å². The van der Waals surface area contributed by atoms with Crippen LogP contribution in [0.2, 0.25) is 0 Å². The summed E-state index contributed by atoms with van der Waals surface area (Å²) in [5, 5.41) is 1.13. The van der Waals surface area contributed by atoms with Gasteiger partial charge < -0.3 is 9.88 Å². The topological polar surface area (TPSA) is 31.9 Å². The van der Waals surface area contributed by atoms with E-state index in [1.54, 1.807) is 0 Å². The van der Waals surface area contributed by atoms with Crippen molar-refractivity contribution in [2.45, 2.75) is 18.8 Å². The maximum Gasteiger partial charge on any atom is 0.123 e. The maximum absolute atomic E-state index is 13.5. The van der Waals surface area contributed by atoms with E-state index in [4.69, 9.17) is 0 Å². The van der Waals surface area contributed by atoms with Gasteiger partial charge in [0.25, 0.3) is 0 Å². The number of likely N-dealkylation sites (tertiary alicyclic amines) is 1. The molecule has 2 aromatic heterocycles. The number of fused-ring (bicyclic) bond motifs is 1. The molecule has 0 radical (unpaired) electrons. The van der Waals surface area contributed by atoms with Gasteiger partial charge in [-0.2, -0.15) is 0 Å². The van der Waals surface area contributed by atoms with Crippen LogP contribution in [0.3, 0.4) is 0 Å². The summed E-state index contributed by atoms with van der Waals surface area (Å²) in [7, 11) is 2.18. The molecule has 1 fully saturated rings. The van der Waals surface area contributed by atoms with Crippen LogP contribution in [0.1, 0.15) is 24.5 Å². The Balaban J connectivity index is 1.67. The first-order valence-corrected chi connectivity index (χ1v) is 10.2. The third kappa shape index (κ3) is 3.45. The zero-order valence-corrected chi connectivity index (χ0v) is 16.5. The number of nitrogens with one attached hydrogen (secondary N) is 1. The number of para-hydroxylation sites is 1. The van der Waals surface area contributed by atoms with Gasteiger partial charge in [-0.3, -0.25) is 4.98 Å². The fourth-order valence-electron chi connectivity index (χ4n) is 4.40. The molecule has 1 saturated heterocycles. The molecular weight excluding hydrogens is 361 g/mol. The number of halogens is 1. The standard InChI is InChI=1S/C25H24FN3/c1-29-14-11-17(12-15-29)24-16-22(25(28-24)18-6-8-19(26)9-7-18)20-10-13-27-23-5-3-2-4-21(20)23/h2-10,13,16-17,28H,11-12,14-15H2,1H3. The van der Waals surface area contributed by atoms with Crippen molar-refractivity contribution < 1.29 is 4.39 Å². The van der Waals surface area contributed by atoms with Gasteiger partial charge in [-0.15, -0.1) is 0 Å². The Kier molecular flexibility index (Phi) is 4.64. The summed E-state index contributed by atoms with van der Waals surface area (Å²) >= 11 is 0. The SMILES string of the molecule is CN1CCC(c2cc(-c3ccnc4ccccc34)c(-c3ccc(F)cc3)[nH]2)CC1. The molecule has 0 saturated carbocycles. The van der Waals surface area contributed by atoms with E-state index in [1.807, 2.05) is 30.5 Å². The second-order valence-corrected chi connectivity index (χ2v) is 7.97. The Morgan fingerprint density at radius 3 is 2.52 bits per heavy atom. The third-order valence-electron chi connectivity index (χ3n) is 6.07. The van der Waals surface area contributed by atoms with Gasteiger partial charge >= 0.3 is 0 Å². The molecule has 0 bridgehead atoms. The lowest BCUT2D eigenvalue weighted by Crippen LogP contribution is -2.29. The van der Waals surface area contributed by atoms with Crippen LogP contribution in [0.15, 0.2) is 66.9 Å². The fraction of sp³-hybridized carbons (Fsp3) is 0.240. The molecule has 2 aromatic carbocycles. The molecule has 0 aliphatic carbocycles. The van der Waals surface area contributed by atoms with Crippen molar-refractivity contribution in [2.75, 3.05) is 20.1 Å². The molecular formula is C25H24FN3. The number of aromatic nitrogens is 2. The van der Waals surface area contributed by atoms with E-state index in [1.165, 1.54) is 17.8 Å². The van der Waals surface area contributed by atoms with Crippen LogP contribution in [-0.4, -0.2) is 35.0 Å². The Labute approximate surface area is 170 Å². The smallest absolute Gasteiger partial charge is 0.123 e. The van der Waals surface area contributed by atoms with E-state index in [9.17, 15) is 4.39 Å². The lowest BCUT2D eigenvalue weighted by atomic mass is 9.93. The van der Waals surface area contributed by atoms with Gasteiger partial charge in [-0.05, 0) is 86.6 Å². The zero-order valence-electron chi connectivity index (χ0n) is 16.5. The molecule has 3 heterocycles. The van der Waals surface area contributed by atoms with Gasteiger partial charge in [-0.1, -0.05) is 18.2 Å². The molecule has 29 heavy (non-hydrogen) atoms. The molecule has 5 rings (SSSR count). The van der Waals surface area contributed by atoms with Crippen molar-refractivity contribution in [2.24, 2.45) is 0 Å². The van der Waals surface area contributed by atoms with Gasteiger partial charge in [0.2, 0.25) is 0 Å². The molecule has 0 atom stereocenters. The Morgan fingerprint density at radius 1 is 0.966 bits per heavy atom. The number of benzene rings is 2. The number of pyridine rings is 1. The highest BCUT2D eigenvalue weighted by atomic mass is 19.1. The van der Waals surface area contributed by atoms with Crippen molar-refractivity contribution in [1.82, 2.24) is 14.9 Å². The molecule has 1 aliphatic heterocycles. The minimum Gasteiger partial charge on any atom is -0.358 e. The predicted octanol–water partition coefficient (Wildman–Crippen LogP) is 5.85. The van der Waals surface area contributed by atoms with Crippen molar-refractivity contribution in [3.63, 3.8) is 0 Å². The normalized spacial score (nSPS) is 15.8. The number of nitrogens with zero attached hydrogens (tertiary/aromatic N) is 2. The minimum atomic E-state index is -0.216. The van der Waals surface area contributed by atoms with E-state index in [0.29, 0.717) is 5.92 Å². The number of rotatable bonds is 3. The van der Waals surface area contributed by atoms with E-state index < -0.39 is 0 Å². The van der Waals surface area contributed by atoms with Crippen LogP contribution in [0, 0.1) is 5.82 Å². The molecule has 1 N–H and O–H groups in total. The number of hydrogen-bond donors (Lipinski definition) is 1. The molecule has 1 aliphatic rings. The minimum absolute atomic E-state index is 0.216. The van der Waals surface area contributed by atoms with E-state index in [2.05, 4.69) is 46.2 Å². The van der Waals surface area contributed by atoms with Crippen molar-refractivity contribution in [3.05, 3.63) is 78.4 Å². The summed E-state index contributed by atoms with van der Waals surface area (Å²) in [6.45, 7) is 2.23. The van der Waals surface area contributed by atoms with Gasteiger partial charge in [0, 0.05) is 28.8 Å². The second kappa shape index (κ2) is 7.45. The quantitative estimate of drug-likeness (QED) is 0.480. The first-order valence-electron chi connectivity index (χ1n) is 10.2. The molecule has 146 valence electrons. The summed E-state index contributed by atoms with van der Waals surface area (Å²) in [6.07, 6.45) is 4.17. The molecule has 4 aromatic rings. The molecule has 0 unspecified atom stereocenters. The van der Waals surface area contributed by atoms with Crippen LogP contribution in [0.4, 0.5) is 4.39 Å². The fourth-order valence-corrected chi connectivity index (χ4v) is 4.40. The highest BCUT2D eigenvalue weighted by molar-refractivity contribution is 5.98. The summed E-state index contributed by atoms with van der Waals surface area (Å²) in [5.41, 5.74) is 6.62. The number of piperidine rings is 1. The largest absolute Gasteiger partial charge is 0.358 e. The average Bonchev–Trinajstić information content (AvgIpc) is 3.19. The lowest BCUT2D eigenvalue weighted by molar-refractivity contribution is 0.253. The first kappa shape index (κ1) is 18.1. The van der Waals surface area contributed by atoms with Crippen LogP contribution >= 0.6 is 0 Å². The highest BCUT2D eigenvalue weighted by Gasteiger charge is 2.23. The lowest BCUT2D eigenvalue weighted by Gasteiger charge is -2.28. The van der Waals surface area contributed by atoms with Gasteiger partial charge in [0.1, 0.15) is 5.82 Å². The summed E-state index contributed by atoms with van der Waals surface area (Å²) in [4.78, 5) is 10.6. The highest BCUT2D eigenvalue weighted by Crippen LogP contribution is 2.39. The predicted molar refractivity (Wildman–Crippen MR) is 116 cm³/mol. The second-order valence-electron chi connectivity index (χ2n) is 7.97. The zero-order chi connectivity index (χ0) is 19.8. The first-order chi connectivity index (χ1) is 14.2. The van der Waals surface area contributed by atoms with Crippen LogP contribution in [0.25, 0.3) is 33.3 Å². The molecule has 3 nitrogen and oxygen atoms in total. The Bertz CT molecular complexity index is 1130. The van der Waals surface area contributed by atoms with Crippen LogP contribution in [0.5, 0.6) is 0 Å². The Hall–Kier alpha value is -2.98. The average molecular weight is 385 g/mol. The van der Waals surface area contributed by atoms with E-state index >= 15 is 0 Å². The summed E-state index contributed by atoms with van der Waals surface area (Å²) < 4.78 is 13.5. The van der Waals surface area contributed by atoms with E-state index in [-0.39, 0.29) is 5.82 Å². The van der Waals surface area contributed by atoms with Crippen molar-refractivity contribution in [3.8, 4) is 22.4 Å². The molecule has 0 amide bonds. The number of H-pyrrole nitrogens is 1. The van der Waals surface area contributed by atoms with E-state index in [0.717, 1.165) is 59.2 Å². The van der Waals surface area contributed by atoms with Crippen LogP contribution in [-0.2, 0) is 0 Å². The van der Waals surface area contributed by atoms with Gasteiger partial charge in [-0.25, -0.2) is 4.39 Å². The summed E-state index contributed by atoms with van der Waals surface area (Å²) in [6, 6.07) is 19.4. The Morgan fingerprint density at radius 2 is 1.72 bits per heavy atom. The van der Waals surface area contributed by atoms with Gasteiger partial charge in [0.15, 0.2) is 0 Å². The monoisotopic (exact) mass is 385 g/mol. The number of hydrogen-bond acceptors (Lipinski definition) is 2. The van der Waals surface area contributed by atoms with Crippen molar-refractivity contribution in [1.29, 1.82) is 0 Å². The third-order valence-corrected chi connectivity index (χ3v) is 6.07. The summed E-state index contributed by atoms with van der Waals surface area (Å²) in [5.74, 6) is 0.305. The number of aromatic amines is 1. The maximum atomic E-state index is 13.5. The van der Waals surface area contributed by atoms with Crippen LogP contribution < -0.4 is 0 Å². The molecule has 4 heteroatoms. The molecule has 0 spiro atoms.